The molecule has 2 aromatic rings. The van der Waals surface area contributed by atoms with Gasteiger partial charge in [-0.05, 0) is 40.8 Å². The van der Waals surface area contributed by atoms with Gasteiger partial charge in [0.1, 0.15) is 5.75 Å². The average molecular weight is 250 g/mol. The van der Waals surface area contributed by atoms with Crippen LogP contribution in [0.2, 0.25) is 0 Å². The summed E-state index contributed by atoms with van der Waals surface area (Å²) in [5.74, 6) is 1.48. The Kier molecular flexibility index (Phi) is 3.12. The monoisotopic (exact) mass is 250 g/mol. The van der Waals surface area contributed by atoms with E-state index in [9.17, 15) is 0 Å². The zero-order chi connectivity index (χ0) is 13.2. The molecule has 1 atom stereocenters. The quantitative estimate of drug-likeness (QED) is 0.754. The second-order valence-electron chi connectivity index (χ2n) is 4.91. The van der Waals surface area contributed by atoms with Crippen LogP contribution in [-0.4, -0.2) is 7.11 Å². The van der Waals surface area contributed by atoms with E-state index in [-0.39, 0.29) is 0 Å². The minimum absolute atomic E-state index is 0.577. The van der Waals surface area contributed by atoms with Crippen LogP contribution in [0, 0.1) is 0 Å². The molecule has 0 radical (unpaired) electrons. The van der Waals surface area contributed by atoms with Gasteiger partial charge in [-0.25, -0.2) is 0 Å². The lowest BCUT2D eigenvalue weighted by atomic mass is 9.93. The smallest absolute Gasteiger partial charge is 0.118 e. The molecule has 0 aromatic heterocycles. The number of methoxy groups -OCH3 is 1. The molecule has 0 N–H and O–H groups in total. The van der Waals surface area contributed by atoms with Crippen molar-refractivity contribution in [2.24, 2.45) is 0 Å². The Hall–Kier alpha value is -2.02. The zero-order valence-electron chi connectivity index (χ0n) is 11.4. The molecule has 0 spiro atoms. The highest BCUT2D eigenvalue weighted by Crippen LogP contribution is 2.38. The third-order valence-electron chi connectivity index (χ3n) is 3.88. The van der Waals surface area contributed by atoms with Crippen molar-refractivity contribution >= 4 is 6.08 Å². The van der Waals surface area contributed by atoms with Crippen LogP contribution < -0.4 is 4.74 Å². The first kappa shape index (κ1) is 12.0. The summed E-state index contributed by atoms with van der Waals surface area (Å²) >= 11 is 0. The Morgan fingerprint density at radius 3 is 2.53 bits per heavy atom. The third kappa shape index (κ3) is 2.06. The summed E-state index contributed by atoms with van der Waals surface area (Å²) in [6.07, 6.45) is 5.75. The molecule has 1 heteroatoms. The Morgan fingerprint density at radius 2 is 1.84 bits per heavy atom. The van der Waals surface area contributed by atoms with Crippen molar-refractivity contribution in [2.45, 2.75) is 19.3 Å². The van der Waals surface area contributed by atoms with Gasteiger partial charge in [0, 0.05) is 5.92 Å². The minimum Gasteiger partial charge on any atom is -0.497 e. The Bertz CT molecular complexity index is 608. The average Bonchev–Trinajstić information content (AvgIpc) is 2.90. The number of fused-ring (bicyclic) bond motifs is 1. The maximum absolute atomic E-state index is 5.22. The van der Waals surface area contributed by atoms with Gasteiger partial charge >= 0.3 is 0 Å². The molecule has 0 saturated carbocycles. The highest BCUT2D eigenvalue weighted by atomic mass is 16.5. The highest BCUT2D eigenvalue weighted by molar-refractivity contribution is 5.80. The van der Waals surface area contributed by atoms with Gasteiger partial charge in [0.05, 0.1) is 7.11 Å². The summed E-state index contributed by atoms with van der Waals surface area (Å²) in [6.45, 7) is 2.24. The van der Waals surface area contributed by atoms with Gasteiger partial charge < -0.3 is 4.74 Å². The molecular weight excluding hydrogens is 232 g/mol. The summed E-state index contributed by atoms with van der Waals surface area (Å²) in [6, 6.07) is 14.9. The Morgan fingerprint density at radius 1 is 1.05 bits per heavy atom. The van der Waals surface area contributed by atoms with Crippen molar-refractivity contribution in [3.05, 3.63) is 59.7 Å². The fourth-order valence-corrected chi connectivity index (χ4v) is 2.79. The lowest BCUT2D eigenvalue weighted by Crippen LogP contribution is -1.92. The van der Waals surface area contributed by atoms with Crippen LogP contribution >= 0.6 is 0 Å². The van der Waals surface area contributed by atoms with E-state index in [1.165, 1.54) is 22.3 Å². The molecule has 0 amide bonds. The Balaban J connectivity index is 2.06. The summed E-state index contributed by atoms with van der Waals surface area (Å²) < 4.78 is 5.22. The van der Waals surface area contributed by atoms with Crippen molar-refractivity contribution in [1.29, 1.82) is 0 Å². The van der Waals surface area contributed by atoms with E-state index in [0.29, 0.717) is 5.92 Å². The molecular formula is C18H18O. The number of benzene rings is 2. The molecule has 0 saturated heterocycles. The molecule has 1 nitrogen and oxygen atoms in total. The second kappa shape index (κ2) is 4.93. The number of rotatable bonds is 3. The van der Waals surface area contributed by atoms with Crippen LogP contribution in [-0.2, 0) is 0 Å². The number of allylic oxidation sites excluding steroid dienone is 1. The first-order chi connectivity index (χ1) is 9.33. The summed E-state index contributed by atoms with van der Waals surface area (Å²) in [5, 5.41) is 0. The van der Waals surface area contributed by atoms with Crippen LogP contribution in [0.5, 0.6) is 5.75 Å². The molecule has 0 bridgehead atoms. The van der Waals surface area contributed by atoms with E-state index in [2.05, 4.69) is 49.4 Å². The van der Waals surface area contributed by atoms with E-state index in [1.54, 1.807) is 7.11 Å². The van der Waals surface area contributed by atoms with Crippen molar-refractivity contribution in [3.8, 4) is 16.9 Å². The van der Waals surface area contributed by atoms with E-state index < -0.39 is 0 Å². The lowest BCUT2D eigenvalue weighted by molar-refractivity contribution is 0.415. The van der Waals surface area contributed by atoms with E-state index in [4.69, 9.17) is 4.74 Å². The normalized spacial score (nSPS) is 16.4. The molecule has 0 fully saturated rings. The topological polar surface area (TPSA) is 9.23 Å². The fraction of sp³-hybridized carbons (Fsp3) is 0.222. The predicted molar refractivity (Wildman–Crippen MR) is 80.5 cm³/mol. The lowest BCUT2D eigenvalue weighted by Gasteiger charge is -2.12. The predicted octanol–water partition coefficient (Wildman–Crippen LogP) is 4.88. The van der Waals surface area contributed by atoms with Crippen molar-refractivity contribution in [3.63, 3.8) is 0 Å². The number of hydrogen-bond acceptors (Lipinski definition) is 1. The van der Waals surface area contributed by atoms with Gasteiger partial charge in [-0.3, -0.25) is 0 Å². The van der Waals surface area contributed by atoms with Crippen molar-refractivity contribution in [2.75, 3.05) is 7.11 Å². The van der Waals surface area contributed by atoms with Gasteiger partial charge in [0.25, 0.3) is 0 Å². The van der Waals surface area contributed by atoms with Crippen LogP contribution in [0.15, 0.2) is 48.5 Å². The molecule has 0 heterocycles. The van der Waals surface area contributed by atoms with Crippen LogP contribution in [0.4, 0.5) is 0 Å². The van der Waals surface area contributed by atoms with Gasteiger partial charge in [0.15, 0.2) is 0 Å². The van der Waals surface area contributed by atoms with Gasteiger partial charge in [-0.1, -0.05) is 49.4 Å². The highest BCUT2D eigenvalue weighted by Gasteiger charge is 2.18. The van der Waals surface area contributed by atoms with Crippen LogP contribution in [0.3, 0.4) is 0 Å². The molecule has 1 aliphatic carbocycles. The SMILES string of the molecule is CCC1C=Cc2c(-c3ccc(OC)cc3)cccc21. The van der Waals surface area contributed by atoms with Gasteiger partial charge in [0.2, 0.25) is 0 Å². The summed E-state index contributed by atoms with van der Waals surface area (Å²) in [5.41, 5.74) is 5.39. The molecule has 0 aliphatic heterocycles. The molecule has 2 aromatic carbocycles. The van der Waals surface area contributed by atoms with Crippen LogP contribution in [0.1, 0.15) is 30.4 Å². The molecule has 1 aliphatic rings. The first-order valence-electron chi connectivity index (χ1n) is 6.79. The zero-order valence-corrected chi connectivity index (χ0v) is 11.4. The second-order valence-corrected chi connectivity index (χ2v) is 4.91. The maximum Gasteiger partial charge on any atom is 0.118 e. The molecule has 1 unspecified atom stereocenters. The standard InChI is InChI=1S/C18H18O/c1-3-13-9-12-18-16(13)5-4-6-17(18)14-7-10-15(19-2)11-8-14/h4-13H,3H2,1-2H3. The Labute approximate surface area is 114 Å². The summed E-state index contributed by atoms with van der Waals surface area (Å²) in [4.78, 5) is 0. The van der Waals surface area contributed by atoms with E-state index in [0.717, 1.165) is 12.2 Å². The molecule has 3 rings (SSSR count). The summed E-state index contributed by atoms with van der Waals surface area (Å²) in [7, 11) is 1.70. The fourth-order valence-electron chi connectivity index (χ4n) is 2.79. The van der Waals surface area contributed by atoms with E-state index in [1.807, 2.05) is 12.1 Å². The first-order valence-corrected chi connectivity index (χ1v) is 6.79. The molecule has 19 heavy (non-hydrogen) atoms. The van der Waals surface area contributed by atoms with Gasteiger partial charge in [-0.2, -0.15) is 0 Å². The van der Waals surface area contributed by atoms with E-state index >= 15 is 0 Å². The van der Waals surface area contributed by atoms with Crippen molar-refractivity contribution < 1.29 is 4.74 Å². The van der Waals surface area contributed by atoms with Crippen molar-refractivity contribution in [1.82, 2.24) is 0 Å². The number of hydrogen-bond donors (Lipinski definition) is 0. The van der Waals surface area contributed by atoms with Gasteiger partial charge in [-0.15, -0.1) is 0 Å². The minimum atomic E-state index is 0.577. The maximum atomic E-state index is 5.22. The molecule has 96 valence electrons. The number of ether oxygens (including phenoxy) is 1. The largest absolute Gasteiger partial charge is 0.497 e. The van der Waals surface area contributed by atoms with Crippen LogP contribution in [0.25, 0.3) is 17.2 Å². The third-order valence-corrected chi connectivity index (χ3v) is 3.88.